The van der Waals surface area contributed by atoms with E-state index in [4.69, 9.17) is 14.2 Å². The Labute approximate surface area is 251 Å². The quantitative estimate of drug-likeness (QED) is 0.136. The lowest BCUT2D eigenvalue weighted by atomic mass is 9.72. The first kappa shape index (κ1) is 34.9. The van der Waals surface area contributed by atoms with E-state index < -0.39 is 0 Å². The summed E-state index contributed by atoms with van der Waals surface area (Å²) in [5, 5.41) is 1.07. The maximum atomic E-state index is 5.92. The molecule has 0 fully saturated rings. The summed E-state index contributed by atoms with van der Waals surface area (Å²) in [5.41, 5.74) is 3.12. The van der Waals surface area contributed by atoms with Gasteiger partial charge in [0.1, 0.15) is 31.2 Å². The van der Waals surface area contributed by atoms with E-state index in [1.165, 1.54) is 24.0 Å². The Morgan fingerprint density at radius 3 is 1.87 bits per heavy atom. The number of halogens is 2. The van der Waals surface area contributed by atoms with Gasteiger partial charge < -0.3 is 35.7 Å². The van der Waals surface area contributed by atoms with Crippen LogP contribution in [0.2, 0.25) is 0 Å². The third kappa shape index (κ3) is 14.3. The Kier molecular flexibility index (Phi) is 15.5. The first-order valence-corrected chi connectivity index (χ1v) is 14.9. The molecule has 0 heterocycles. The number of nitrogens with zero attached hydrogens (tertiary/aromatic N) is 1. The Hall–Kier alpha value is -1.08. The smallest absolute Gasteiger partial charge is 0.119 e. The van der Waals surface area contributed by atoms with Crippen LogP contribution in [0.4, 0.5) is 0 Å². The largest absolute Gasteiger partial charge is 1.00 e. The second kappa shape index (κ2) is 16.9. The summed E-state index contributed by atoms with van der Waals surface area (Å²) in [7, 11) is 4.49. The topological polar surface area (TPSA) is 27.7 Å². The fourth-order valence-corrected chi connectivity index (χ4v) is 5.29. The molecule has 6 heteroatoms. The van der Waals surface area contributed by atoms with Gasteiger partial charge in [-0.3, -0.25) is 0 Å². The third-order valence-electron chi connectivity index (χ3n) is 6.53. The molecular weight excluding hydrogens is 606 g/mol. The Bertz CT molecular complexity index is 890. The number of quaternary nitrogens is 1. The Balaban J connectivity index is 0.00000722. The van der Waals surface area contributed by atoms with Gasteiger partial charge in [0, 0.05) is 10.9 Å². The van der Waals surface area contributed by atoms with Gasteiger partial charge in [-0.2, -0.15) is 0 Å². The van der Waals surface area contributed by atoms with Gasteiger partial charge in [-0.1, -0.05) is 62.7 Å². The molecule has 2 aromatic rings. The second-order valence-corrected chi connectivity index (χ2v) is 13.5. The van der Waals surface area contributed by atoms with Gasteiger partial charge in [-0.05, 0) is 78.5 Å². The van der Waals surface area contributed by atoms with E-state index in [0.29, 0.717) is 25.2 Å². The number of alkyl halides is 1. The predicted molar refractivity (Wildman–Crippen MR) is 160 cm³/mol. The SMILES string of the molecule is CC(C)(C)CC(C)(C)c1ccc(OCCOCC[N+](C)(C)Cc2ccc(OCCCCCBr)cc2)cc1.[Br-]. The van der Waals surface area contributed by atoms with Crippen LogP contribution >= 0.6 is 15.9 Å². The van der Waals surface area contributed by atoms with Crippen molar-refractivity contribution in [3.8, 4) is 11.5 Å². The maximum Gasteiger partial charge on any atom is 0.119 e. The summed E-state index contributed by atoms with van der Waals surface area (Å²) in [6.45, 7) is 16.1. The molecule has 4 nitrogen and oxygen atoms in total. The van der Waals surface area contributed by atoms with Crippen molar-refractivity contribution in [3.05, 3.63) is 59.7 Å². The lowest BCUT2D eigenvalue weighted by Gasteiger charge is -2.33. The van der Waals surface area contributed by atoms with E-state index in [1.54, 1.807) is 0 Å². The Morgan fingerprint density at radius 1 is 0.711 bits per heavy atom. The number of likely N-dealkylation sites (N-methyl/N-ethyl adjacent to an activating group) is 1. The molecule has 0 aliphatic heterocycles. The zero-order valence-corrected chi connectivity index (χ0v) is 28.0. The van der Waals surface area contributed by atoms with Crippen molar-refractivity contribution in [1.29, 1.82) is 0 Å². The van der Waals surface area contributed by atoms with Gasteiger partial charge in [0.25, 0.3) is 0 Å². The lowest BCUT2D eigenvalue weighted by Crippen LogP contribution is -3.00. The van der Waals surface area contributed by atoms with Gasteiger partial charge in [0.15, 0.2) is 0 Å². The molecule has 38 heavy (non-hydrogen) atoms. The van der Waals surface area contributed by atoms with Crippen LogP contribution in [0, 0.1) is 5.41 Å². The van der Waals surface area contributed by atoms with Gasteiger partial charge in [-0.15, -0.1) is 0 Å². The predicted octanol–water partition coefficient (Wildman–Crippen LogP) is 5.02. The molecule has 0 aliphatic carbocycles. The molecule has 0 unspecified atom stereocenters. The van der Waals surface area contributed by atoms with Crippen molar-refractivity contribution < 1.29 is 35.7 Å². The molecule has 0 radical (unpaired) electrons. The van der Waals surface area contributed by atoms with Crippen molar-refractivity contribution in [1.82, 2.24) is 0 Å². The van der Waals surface area contributed by atoms with Gasteiger partial charge in [-0.25, -0.2) is 0 Å². The first-order chi connectivity index (χ1) is 17.4. The summed E-state index contributed by atoms with van der Waals surface area (Å²) in [4.78, 5) is 0. The van der Waals surface area contributed by atoms with Crippen LogP contribution in [-0.4, -0.2) is 56.9 Å². The average Bonchev–Trinajstić information content (AvgIpc) is 2.81. The number of hydrogen-bond donors (Lipinski definition) is 0. The molecule has 216 valence electrons. The number of unbranched alkanes of at least 4 members (excludes halogenated alkanes) is 2. The molecule has 0 aromatic heterocycles. The van der Waals surface area contributed by atoms with Crippen LogP contribution in [0.15, 0.2) is 48.5 Å². The van der Waals surface area contributed by atoms with Crippen LogP contribution in [0.25, 0.3) is 0 Å². The number of ether oxygens (including phenoxy) is 3. The molecule has 0 amide bonds. The Morgan fingerprint density at radius 2 is 1.29 bits per heavy atom. The molecule has 2 rings (SSSR count). The zero-order valence-electron chi connectivity index (χ0n) is 24.8. The number of hydrogen-bond acceptors (Lipinski definition) is 3. The van der Waals surface area contributed by atoms with E-state index in [2.05, 4.69) is 113 Å². The van der Waals surface area contributed by atoms with Gasteiger partial charge in [0.05, 0.1) is 33.9 Å². The monoisotopic (exact) mass is 655 g/mol. The molecule has 0 atom stereocenters. The van der Waals surface area contributed by atoms with Gasteiger partial charge in [0.2, 0.25) is 0 Å². The van der Waals surface area contributed by atoms with Crippen LogP contribution in [0.1, 0.15) is 71.4 Å². The number of rotatable bonds is 17. The molecule has 0 saturated heterocycles. The summed E-state index contributed by atoms with van der Waals surface area (Å²) < 4.78 is 18.5. The average molecular weight is 658 g/mol. The lowest BCUT2D eigenvalue weighted by molar-refractivity contribution is -0.904. The molecule has 0 bridgehead atoms. The highest BCUT2D eigenvalue weighted by Gasteiger charge is 2.27. The minimum Gasteiger partial charge on any atom is -1.00 e. The third-order valence-corrected chi connectivity index (χ3v) is 7.09. The van der Waals surface area contributed by atoms with E-state index in [1.807, 2.05) is 0 Å². The van der Waals surface area contributed by atoms with Crippen molar-refractivity contribution in [2.75, 3.05) is 52.4 Å². The highest BCUT2D eigenvalue weighted by atomic mass is 79.9. The summed E-state index contributed by atoms with van der Waals surface area (Å²) in [6, 6.07) is 17.1. The van der Waals surface area contributed by atoms with Crippen LogP contribution < -0.4 is 26.5 Å². The maximum absolute atomic E-state index is 5.92. The molecule has 0 N–H and O–H groups in total. The van der Waals surface area contributed by atoms with E-state index in [9.17, 15) is 0 Å². The minimum atomic E-state index is 0. The molecule has 0 saturated carbocycles. The minimum absolute atomic E-state index is 0. The highest BCUT2D eigenvalue weighted by Crippen LogP contribution is 2.36. The van der Waals surface area contributed by atoms with Crippen molar-refractivity contribution in [2.45, 2.75) is 72.3 Å². The van der Waals surface area contributed by atoms with E-state index in [-0.39, 0.29) is 22.4 Å². The van der Waals surface area contributed by atoms with E-state index in [0.717, 1.165) is 53.9 Å². The normalized spacial score (nSPS) is 12.2. The standard InChI is InChI=1S/C32H51BrNO3.BrH/c1-31(2,3)26-32(4,5)28-13-17-30(18-14-28)37-24-23-35-22-20-34(6,7)25-27-11-15-29(16-12-27)36-21-10-8-9-19-33;/h11-18H,8-10,19-26H2,1-7H3;1H/q+1;/p-1. The molecule has 0 aliphatic rings. The van der Waals surface area contributed by atoms with E-state index >= 15 is 0 Å². The van der Waals surface area contributed by atoms with Crippen LogP contribution in [0.3, 0.4) is 0 Å². The van der Waals surface area contributed by atoms with Crippen LogP contribution in [-0.2, 0) is 16.7 Å². The number of benzene rings is 2. The zero-order chi connectivity index (χ0) is 27.4. The summed E-state index contributed by atoms with van der Waals surface area (Å²) in [6.07, 6.45) is 4.65. The van der Waals surface area contributed by atoms with Crippen molar-refractivity contribution in [2.24, 2.45) is 5.41 Å². The summed E-state index contributed by atoms with van der Waals surface area (Å²) in [5.74, 6) is 1.86. The van der Waals surface area contributed by atoms with Crippen molar-refractivity contribution in [3.63, 3.8) is 0 Å². The fourth-order valence-electron chi connectivity index (χ4n) is 4.89. The molecular formula is C32H51Br2NO3. The fraction of sp³-hybridized carbons (Fsp3) is 0.625. The highest BCUT2D eigenvalue weighted by molar-refractivity contribution is 9.09. The van der Waals surface area contributed by atoms with Crippen LogP contribution in [0.5, 0.6) is 11.5 Å². The first-order valence-electron chi connectivity index (χ1n) is 13.8. The van der Waals surface area contributed by atoms with Crippen molar-refractivity contribution >= 4 is 15.9 Å². The summed E-state index contributed by atoms with van der Waals surface area (Å²) >= 11 is 3.47. The van der Waals surface area contributed by atoms with Gasteiger partial charge >= 0.3 is 0 Å². The molecule has 0 spiro atoms. The second-order valence-electron chi connectivity index (χ2n) is 12.7. The molecule has 2 aromatic carbocycles.